The summed E-state index contributed by atoms with van der Waals surface area (Å²) in [4.78, 5) is 0. The maximum Gasteiger partial charge on any atom is 0.152 e. The number of hydrogen-bond donors (Lipinski definition) is 2. The summed E-state index contributed by atoms with van der Waals surface area (Å²) in [5, 5.41) is 10.4. The van der Waals surface area contributed by atoms with Gasteiger partial charge in [0.15, 0.2) is 5.76 Å². The second kappa shape index (κ2) is 5.84. The first-order chi connectivity index (χ1) is 8.70. The van der Waals surface area contributed by atoms with E-state index in [2.05, 4.69) is 22.4 Å². The molecule has 0 aromatic carbocycles. The van der Waals surface area contributed by atoms with E-state index in [0.717, 1.165) is 29.3 Å². The lowest BCUT2D eigenvalue weighted by Gasteiger charge is -2.12. The smallest absolute Gasteiger partial charge is 0.152 e. The second-order valence-corrected chi connectivity index (χ2v) is 4.42. The van der Waals surface area contributed by atoms with Crippen LogP contribution < -0.4 is 5.32 Å². The maximum absolute atomic E-state index is 5.60. The van der Waals surface area contributed by atoms with E-state index < -0.39 is 0 Å². The lowest BCUT2D eigenvalue weighted by atomic mass is 10.2. The molecule has 2 rings (SSSR count). The summed E-state index contributed by atoms with van der Waals surface area (Å²) in [7, 11) is 1.70. The van der Waals surface area contributed by atoms with Crippen LogP contribution in [0, 0.1) is 6.92 Å². The average molecular weight is 249 g/mol. The van der Waals surface area contributed by atoms with Crippen LogP contribution in [0.1, 0.15) is 18.2 Å². The van der Waals surface area contributed by atoms with Crippen LogP contribution in [0.2, 0.25) is 0 Å². The fourth-order valence-corrected chi connectivity index (χ4v) is 1.82. The van der Waals surface area contributed by atoms with Gasteiger partial charge in [0, 0.05) is 25.3 Å². The summed E-state index contributed by atoms with van der Waals surface area (Å²) >= 11 is 0. The first-order valence-corrected chi connectivity index (χ1v) is 6.02. The van der Waals surface area contributed by atoms with Gasteiger partial charge in [-0.25, -0.2) is 0 Å². The Kier molecular flexibility index (Phi) is 4.17. The van der Waals surface area contributed by atoms with Crippen LogP contribution in [-0.4, -0.2) is 30.0 Å². The Hall–Kier alpha value is -1.59. The number of nitrogens with zero attached hydrogens (tertiary/aromatic N) is 1. The van der Waals surface area contributed by atoms with E-state index in [0.29, 0.717) is 12.6 Å². The highest BCUT2D eigenvalue weighted by atomic mass is 16.5. The van der Waals surface area contributed by atoms with E-state index in [4.69, 9.17) is 9.15 Å². The van der Waals surface area contributed by atoms with Crippen molar-refractivity contribution in [1.29, 1.82) is 0 Å². The molecule has 2 N–H and O–H groups in total. The van der Waals surface area contributed by atoms with Gasteiger partial charge < -0.3 is 14.5 Å². The van der Waals surface area contributed by atoms with E-state index in [1.807, 2.05) is 25.3 Å². The van der Waals surface area contributed by atoms with Crippen molar-refractivity contribution in [3.63, 3.8) is 0 Å². The number of aromatic nitrogens is 2. The van der Waals surface area contributed by atoms with Crippen molar-refractivity contribution < 1.29 is 9.15 Å². The molecule has 0 aliphatic carbocycles. The molecule has 98 valence electrons. The van der Waals surface area contributed by atoms with Crippen LogP contribution in [0.3, 0.4) is 0 Å². The Balaban J connectivity index is 2.04. The van der Waals surface area contributed by atoms with Gasteiger partial charge in [-0.15, -0.1) is 0 Å². The number of nitrogens with one attached hydrogen (secondary N) is 2. The third-order valence-corrected chi connectivity index (χ3v) is 2.76. The molecule has 2 aromatic rings. The largest absolute Gasteiger partial charge is 0.460 e. The van der Waals surface area contributed by atoms with Gasteiger partial charge in [-0.1, -0.05) is 0 Å². The van der Waals surface area contributed by atoms with Crippen molar-refractivity contribution in [1.82, 2.24) is 15.5 Å². The number of rotatable bonds is 6. The molecule has 1 unspecified atom stereocenters. The molecule has 5 nitrogen and oxygen atoms in total. The van der Waals surface area contributed by atoms with Gasteiger partial charge in [0.2, 0.25) is 0 Å². The molecule has 0 saturated carbocycles. The van der Waals surface area contributed by atoms with Crippen molar-refractivity contribution in [2.45, 2.75) is 26.4 Å². The minimum absolute atomic E-state index is 0.302. The number of hydrogen-bond acceptors (Lipinski definition) is 4. The number of furan rings is 1. The molecule has 0 bridgehead atoms. The van der Waals surface area contributed by atoms with E-state index in [1.54, 1.807) is 7.11 Å². The molecule has 2 heterocycles. The molecular weight excluding hydrogens is 230 g/mol. The van der Waals surface area contributed by atoms with E-state index in [9.17, 15) is 0 Å². The molecule has 18 heavy (non-hydrogen) atoms. The normalized spacial score (nSPS) is 12.8. The number of aryl methyl sites for hydroxylation is 1. The van der Waals surface area contributed by atoms with Gasteiger partial charge in [0.1, 0.15) is 11.5 Å². The number of ether oxygens (including phenoxy) is 1. The molecule has 1 atom stereocenters. The zero-order valence-corrected chi connectivity index (χ0v) is 11.0. The first kappa shape index (κ1) is 12.9. The minimum Gasteiger partial charge on any atom is -0.460 e. The van der Waals surface area contributed by atoms with Crippen LogP contribution in [-0.2, 0) is 11.3 Å². The lowest BCUT2D eigenvalue weighted by molar-refractivity contribution is 0.171. The predicted octanol–water partition coefficient (Wildman–Crippen LogP) is 2.10. The summed E-state index contributed by atoms with van der Waals surface area (Å²) in [5.41, 5.74) is 2.02. The fourth-order valence-electron chi connectivity index (χ4n) is 1.82. The van der Waals surface area contributed by atoms with Gasteiger partial charge in [0.05, 0.1) is 12.8 Å². The highest BCUT2D eigenvalue weighted by Gasteiger charge is 2.11. The van der Waals surface area contributed by atoms with Crippen LogP contribution in [0.15, 0.2) is 22.7 Å². The van der Waals surface area contributed by atoms with Gasteiger partial charge >= 0.3 is 0 Å². The van der Waals surface area contributed by atoms with Crippen molar-refractivity contribution >= 4 is 0 Å². The summed E-state index contributed by atoms with van der Waals surface area (Å²) in [6.45, 7) is 5.43. The van der Waals surface area contributed by atoms with E-state index >= 15 is 0 Å². The zero-order chi connectivity index (χ0) is 13.0. The molecule has 0 spiro atoms. The molecule has 0 fully saturated rings. The summed E-state index contributed by atoms with van der Waals surface area (Å²) in [5.74, 6) is 1.72. The third kappa shape index (κ3) is 3.00. The molecule has 0 saturated heterocycles. The van der Waals surface area contributed by atoms with Crippen LogP contribution in [0.5, 0.6) is 0 Å². The van der Waals surface area contributed by atoms with Crippen molar-refractivity contribution in [2.24, 2.45) is 0 Å². The van der Waals surface area contributed by atoms with Gasteiger partial charge in [-0.05, 0) is 26.0 Å². The Morgan fingerprint density at radius 3 is 3.00 bits per heavy atom. The number of aromatic amines is 1. The molecular formula is C13H19N3O2. The quantitative estimate of drug-likeness (QED) is 0.823. The fraction of sp³-hybridized carbons (Fsp3) is 0.462. The van der Waals surface area contributed by atoms with Crippen molar-refractivity contribution in [3.05, 3.63) is 29.7 Å². The topological polar surface area (TPSA) is 63.1 Å². The minimum atomic E-state index is 0.302. The summed E-state index contributed by atoms with van der Waals surface area (Å²) in [6, 6.07) is 4.20. The highest BCUT2D eigenvalue weighted by molar-refractivity contribution is 5.56. The molecule has 0 aliphatic rings. The van der Waals surface area contributed by atoms with Crippen molar-refractivity contribution in [2.75, 3.05) is 13.7 Å². The molecule has 0 radical (unpaired) electrons. The Labute approximate surface area is 107 Å². The predicted molar refractivity (Wildman–Crippen MR) is 69.2 cm³/mol. The van der Waals surface area contributed by atoms with Gasteiger partial charge in [-0.2, -0.15) is 5.10 Å². The Bertz CT molecular complexity index is 490. The standard InChI is InChI=1S/C13H19N3O2/c1-9(8-17-3)14-6-11-7-15-16-13(11)12-5-4-10(2)18-12/h4-5,7,9,14H,6,8H2,1-3H3,(H,15,16). The monoisotopic (exact) mass is 249 g/mol. The van der Waals surface area contributed by atoms with Gasteiger partial charge in [-0.3, -0.25) is 5.10 Å². The number of H-pyrrole nitrogens is 1. The second-order valence-electron chi connectivity index (χ2n) is 4.42. The molecule has 0 aliphatic heterocycles. The number of methoxy groups -OCH3 is 1. The van der Waals surface area contributed by atoms with Crippen LogP contribution in [0.4, 0.5) is 0 Å². The van der Waals surface area contributed by atoms with E-state index in [-0.39, 0.29) is 0 Å². The maximum atomic E-state index is 5.60. The molecule has 2 aromatic heterocycles. The lowest BCUT2D eigenvalue weighted by Crippen LogP contribution is -2.29. The average Bonchev–Trinajstić information content (AvgIpc) is 2.95. The summed E-state index contributed by atoms with van der Waals surface area (Å²) in [6.07, 6.45) is 1.82. The Morgan fingerprint density at radius 1 is 1.50 bits per heavy atom. The van der Waals surface area contributed by atoms with Crippen molar-refractivity contribution in [3.8, 4) is 11.5 Å². The molecule has 5 heteroatoms. The Morgan fingerprint density at radius 2 is 2.33 bits per heavy atom. The highest BCUT2D eigenvalue weighted by Crippen LogP contribution is 2.23. The van der Waals surface area contributed by atoms with Crippen LogP contribution in [0.25, 0.3) is 11.5 Å². The summed E-state index contributed by atoms with van der Waals surface area (Å²) < 4.78 is 10.7. The molecule has 0 amide bonds. The zero-order valence-electron chi connectivity index (χ0n) is 11.0. The van der Waals surface area contributed by atoms with Gasteiger partial charge in [0.25, 0.3) is 0 Å². The third-order valence-electron chi connectivity index (χ3n) is 2.76. The first-order valence-electron chi connectivity index (χ1n) is 6.02. The SMILES string of the molecule is COCC(C)NCc1cn[nH]c1-c1ccc(C)o1. The van der Waals surface area contributed by atoms with E-state index in [1.165, 1.54) is 0 Å². The van der Waals surface area contributed by atoms with Crippen LogP contribution >= 0.6 is 0 Å².